The average Bonchev–Trinajstić information content (AvgIpc) is 2.50. The van der Waals surface area contributed by atoms with E-state index in [0.29, 0.717) is 11.7 Å². The molecular formula is C10H20O3S. The van der Waals surface area contributed by atoms with E-state index in [0.717, 1.165) is 26.1 Å². The molecule has 0 spiro atoms. The smallest absolute Gasteiger partial charge is 0.155 e. The Kier molecular flexibility index (Phi) is 3.58. The number of sulfone groups is 1. The van der Waals surface area contributed by atoms with Gasteiger partial charge in [0, 0.05) is 13.2 Å². The van der Waals surface area contributed by atoms with Crippen LogP contribution in [0.2, 0.25) is 0 Å². The van der Waals surface area contributed by atoms with Gasteiger partial charge in [-0.2, -0.15) is 0 Å². The van der Waals surface area contributed by atoms with Crippen molar-refractivity contribution in [1.82, 2.24) is 0 Å². The standard InChI is InChI=1S/C10H20O3S/c1-10(2,3)14(11,12)7-5-9-4-6-13-8-9/h9H,4-8H2,1-3H3/t9-/m0/s1. The lowest BCUT2D eigenvalue weighted by molar-refractivity contribution is 0.185. The lowest BCUT2D eigenvalue weighted by Crippen LogP contribution is -2.31. The topological polar surface area (TPSA) is 43.4 Å². The van der Waals surface area contributed by atoms with Crippen LogP contribution in [-0.4, -0.2) is 32.1 Å². The normalized spacial score (nSPS) is 24.1. The summed E-state index contributed by atoms with van der Waals surface area (Å²) in [6.07, 6.45) is 1.76. The van der Waals surface area contributed by atoms with E-state index in [1.54, 1.807) is 20.8 Å². The molecule has 84 valence electrons. The van der Waals surface area contributed by atoms with Crippen LogP contribution in [-0.2, 0) is 14.6 Å². The highest BCUT2D eigenvalue weighted by atomic mass is 32.2. The van der Waals surface area contributed by atoms with E-state index >= 15 is 0 Å². The molecule has 1 fully saturated rings. The van der Waals surface area contributed by atoms with E-state index in [-0.39, 0.29) is 0 Å². The minimum absolute atomic E-state index is 0.296. The highest BCUT2D eigenvalue weighted by Crippen LogP contribution is 2.22. The third-order valence-electron chi connectivity index (χ3n) is 2.75. The molecule has 1 atom stereocenters. The molecule has 0 aromatic rings. The third-order valence-corrected chi connectivity index (χ3v) is 5.39. The largest absolute Gasteiger partial charge is 0.381 e. The second-order valence-corrected chi connectivity index (χ2v) is 7.81. The Bertz CT molecular complexity index is 268. The molecule has 1 aliphatic rings. The first-order valence-corrected chi connectivity index (χ1v) is 6.78. The Labute approximate surface area is 86.8 Å². The molecular weight excluding hydrogens is 200 g/mol. The van der Waals surface area contributed by atoms with Gasteiger partial charge in [0.1, 0.15) is 0 Å². The molecule has 1 rings (SSSR count). The SMILES string of the molecule is CC(C)(C)S(=O)(=O)CC[C@@H]1CCOC1. The fraction of sp³-hybridized carbons (Fsp3) is 1.00. The van der Waals surface area contributed by atoms with Gasteiger partial charge < -0.3 is 4.74 Å². The summed E-state index contributed by atoms with van der Waals surface area (Å²) in [4.78, 5) is 0. The van der Waals surface area contributed by atoms with E-state index < -0.39 is 14.6 Å². The van der Waals surface area contributed by atoms with Crippen molar-refractivity contribution in [3.8, 4) is 0 Å². The maximum absolute atomic E-state index is 11.8. The highest BCUT2D eigenvalue weighted by molar-refractivity contribution is 7.92. The molecule has 4 heteroatoms. The van der Waals surface area contributed by atoms with Crippen LogP contribution < -0.4 is 0 Å². The lowest BCUT2D eigenvalue weighted by Gasteiger charge is -2.19. The third kappa shape index (κ3) is 2.95. The van der Waals surface area contributed by atoms with Crippen LogP contribution in [0.15, 0.2) is 0 Å². The van der Waals surface area contributed by atoms with E-state index in [2.05, 4.69) is 0 Å². The summed E-state index contributed by atoms with van der Waals surface area (Å²) >= 11 is 0. The van der Waals surface area contributed by atoms with Crippen LogP contribution in [0, 0.1) is 5.92 Å². The second kappa shape index (κ2) is 4.19. The Balaban J connectivity index is 2.44. The first kappa shape index (κ1) is 12.0. The summed E-state index contributed by atoms with van der Waals surface area (Å²) in [5.41, 5.74) is 0. The van der Waals surface area contributed by atoms with Crippen molar-refractivity contribution in [2.75, 3.05) is 19.0 Å². The van der Waals surface area contributed by atoms with Crippen LogP contribution >= 0.6 is 0 Å². The first-order chi connectivity index (χ1) is 6.33. The summed E-state index contributed by atoms with van der Waals surface area (Å²) in [5, 5.41) is 0. The second-order valence-electron chi connectivity index (χ2n) is 4.95. The van der Waals surface area contributed by atoms with Gasteiger partial charge in [0.05, 0.1) is 10.5 Å². The van der Waals surface area contributed by atoms with E-state index in [9.17, 15) is 8.42 Å². The maximum atomic E-state index is 11.8. The number of hydrogen-bond acceptors (Lipinski definition) is 3. The Morgan fingerprint density at radius 2 is 2.00 bits per heavy atom. The van der Waals surface area contributed by atoms with Crippen molar-refractivity contribution in [1.29, 1.82) is 0 Å². The molecule has 14 heavy (non-hydrogen) atoms. The van der Waals surface area contributed by atoms with E-state index in [1.807, 2.05) is 0 Å². The zero-order valence-electron chi connectivity index (χ0n) is 9.25. The summed E-state index contributed by atoms with van der Waals surface area (Å²) in [6, 6.07) is 0. The van der Waals surface area contributed by atoms with Crippen molar-refractivity contribution in [2.24, 2.45) is 5.92 Å². The van der Waals surface area contributed by atoms with Gasteiger partial charge in [-0.25, -0.2) is 8.42 Å². The van der Waals surface area contributed by atoms with Crippen molar-refractivity contribution in [3.63, 3.8) is 0 Å². The minimum atomic E-state index is -2.94. The van der Waals surface area contributed by atoms with Crippen LogP contribution in [0.4, 0.5) is 0 Å². The van der Waals surface area contributed by atoms with E-state index in [1.165, 1.54) is 0 Å². The number of hydrogen-bond donors (Lipinski definition) is 0. The monoisotopic (exact) mass is 220 g/mol. The van der Waals surface area contributed by atoms with Gasteiger partial charge in [-0.3, -0.25) is 0 Å². The summed E-state index contributed by atoms with van der Waals surface area (Å²) in [7, 11) is -2.94. The molecule has 0 radical (unpaired) electrons. The van der Waals surface area contributed by atoms with Crippen molar-refractivity contribution in [2.45, 2.75) is 38.4 Å². The molecule has 1 heterocycles. The minimum Gasteiger partial charge on any atom is -0.381 e. The highest BCUT2D eigenvalue weighted by Gasteiger charge is 2.29. The van der Waals surface area contributed by atoms with Crippen LogP contribution in [0.25, 0.3) is 0 Å². The molecule has 0 N–H and O–H groups in total. The van der Waals surface area contributed by atoms with Gasteiger partial charge in [-0.05, 0) is 39.5 Å². The zero-order valence-corrected chi connectivity index (χ0v) is 10.1. The van der Waals surface area contributed by atoms with Gasteiger partial charge in [-0.1, -0.05) is 0 Å². The molecule has 1 saturated heterocycles. The summed E-state index contributed by atoms with van der Waals surface area (Å²) in [6.45, 7) is 6.80. The molecule has 0 unspecified atom stereocenters. The molecule has 3 nitrogen and oxygen atoms in total. The predicted molar refractivity (Wildman–Crippen MR) is 57.1 cm³/mol. The molecule has 0 aliphatic carbocycles. The van der Waals surface area contributed by atoms with Gasteiger partial charge in [-0.15, -0.1) is 0 Å². The number of rotatable bonds is 3. The Hall–Kier alpha value is -0.0900. The van der Waals surface area contributed by atoms with Gasteiger partial charge >= 0.3 is 0 Å². The number of ether oxygens (including phenoxy) is 1. The molecule has 0 bridgehead atoms. The van der Waals surface area contributed by atoms with Gasteiger partial charge in [0.25, 0.3) is 0 Å². The Morgan fingerprint density at radius 3 is 2.43 bits per heavy atom. The molecule has 0 aromatic carbocycles. The van der Waals surface area contributed by atoms with Crippen LogP contribution in [0.3, 0.4) is 0 Å². The maximum Gasteiger partial charge on any atom is 0.155 e. The Morgan fingerprint density at radius 1 is 1.36 bits per heavy atom. The fourth-order valence-corrected chi connectivity index (χ4v) is 2.70. The van der Waals surface area contributed by atoms with Gasteiger partial charge in [0.15, 0.2) is 9.84 Å². The first-order valence-electron chi connectivity index (χ1n) is 5.13. The molecule has 1 aliphatic heterocycles. The van der Waals surface area contributed by atoms with Crippen molar-refractivity contribution < 1.29 is 13.2 Å². The van der Waals surface area contributed by atoms with Crippen molar-refractivity contribution >= 4 is 9.84 Å². The van der Waals surface area contributed by atoms with Gasteiger partial charge in [0.2, 0.25) is 0 Å². The zero-order chi connectivity index (χ0) is 10.8. The molecule has 0 amide bonds. The quantitative estimate of drug-likeness (QED) is 0.726. The average molecular weight is 220 g/mol. The van der Waals surface area contributed by atoms with E-state index in [4.69, 9.17) is 4.74 Å². The fourth-order valence-electron chi connectivity index (χ4n) is 1.44. The van der Waals surface area contributed by atoms with Crippen molar-refractivity contribution in [3.05, 3.63) is 0 Å². The summed E-state index contributed by atoms with van der Waals surface area (Å²) in [5.74, 6) is 0.747. The van der Waals surface area contributed by atoms with Crippen LogP contribution in [0.5, 0.6) is 0 Å². The summed E-state index contributed by atoms with van der Waals surface area (Å²) < 4.78 is 28.1. The molecule has 0 aromatic heterocycles. The predicted octanol–water partition coefficient (Wildman–Crippen LogP) is 1.63. The van der Waals surface area contributed by atoms with Crippen LogP contribution in [0.1, 0.15) is 33.6 Å². The lowest BCUT2D eigenvalue weighted by atomic mass is 10.1. The molecule has 0 saturated carbocycles.